The Bertz CT molecular complexity index is 788. The number of ether oxygens (including phenoxy) is 1. The standard InChI is InChI=1S/C12H10ClF4N3O2S2/c1-6(14)4-22-10-7(9(12(15,16)17)19-20(10)2)5-24(21)11-18-3-8(13)23-11/h3H,1,4-5H2,2H3. The lowest BCUT2D eigenvalue weighted by molar-refractivity contribution is -0.141. The smallest absolute Gasteiger partial charge is 0.435 e. The minimum absolute atomic E-state index is 0.0674. The molecule has 12 heteroatoms. The Balaban J connectivity index is 2.40. The number of alkyl halides is 3. The summed E-state index contributed by atoms with van der Waals surface area (Å²) in [7, 11) is -0.690. The van der Waals surface area contributed by atoms with Crippen molar-refractivity contribution in [2.45, 2.75) is 16.3 Å². The zero-order chi connectivity index (χ0) is 18.1. The van der Waals surface area contributed by atoms with Gasteiger partial charge in [0.2, 0.25) is 5.88 Å². The van der Waals surface area contributed by atoms with Crippen molar-refractivity contribution in [3.05, 3.63) is 34.2 Å². The second-order valence-corrected chi connectivity index (χ2v) is 7.77. The summed E-state index contributed by atoms with van der Waals surface area (Å²) in [6.45, 7) is 2.33. The van der Waals surface area contributed by atoms with Crippen LogP contribution in [0.15, 0.2) is 22.9 Å². The van der Waals surface area contributed by atoms with Crippen LogP contribution < -0.4 is 4.74 Å². The van der Waals surface area contributed by atoms with Gasteiger partial charge in [-0.3, -0.25) is 4.21 Å². The number of nitrogens with zero attached hydrogens (tertiary/aromatic N) is 3. The zero-order valence-electron chi connectivity index (χ0n) is 12.1. The number of aromatic nitrogens is 3. The highest BCUT2D eigenvalue weighted by atomic mass is 35.5. The van der Waals surface area contributed by atoms with E-state index in [-0.39, 0.29) is 14.6 Å². The fourth-order valence-corrected chi connectivity index (χ4v) is 4.19. The topological polar surface area (TPSA) is 57.0 Å². The third-order valence-corrected chi connectivity index (χ3v) is 5.41. The maximum absolute atomic E-state index is 13.1. The number of aryl methyl sites for hydroxylation is 1. The lowest BCUT2D eigenvalue weighted by Gasteiger charge is -2.09. The first-order valence-corrected chi connectivity index (χ1v) is 8.69. The highest BCUT2D eigenvalue weighted by Crippen LogP contribution is 2.37. The van der Waals surface area contributed by atoms with Crippen molar-refractivity contribution >= 4 is 33.7 Å². The lowest BCUT2D eigenvalue weighted by atomic mass is 10.2. The van der Waals surface area contributed by atoms with Crippen molar-refractivity contribution in [2.24, 2.45) is 7.05 Å². The monoisotopic (exact) mass is 403 g/mol. The molecule has 0 aliphatic heterocycles. The van der Waals surface area contributed by atoms with Crippen LogP contribution in [0.1, 0.15) is 11.3 Å². The molecule has 24 heavy (non-hydrogen) atoms. The number of hydrogen-bond donors (Lipinski definition) is 0. The lowest BCUT2D eigenvalue weighted by Crippen LogP contribution is -2.11. The van der Waals surface area contributed by atoms with Crippen LogP contribution in [0.4, 0.5) is 17.6 Å². The van der Waals surface area contributed by atoms with Crippen LogP contribution in [0, 0.1) is 0 Å². The molecule has 1 unspecified atom stereocenters. The molecule has 132 valence electrons. The summed E-state index contributed by atoms with van der Waals surface area (Å²) in [5.41, 5.74) is -1.70. The molecule has 2 aromatic heterocycles. The van der Waals surface area contributed by atoms with E-state index in [2.05, 4.69) is 16.7 Å². The summed E-state index contributed by atoms with van der Waals surface area (Å²) in [6, 6.07) is 0. The first-order chi connectivity index (χ1) is 11.1. The van der Waals surface area contributed by atoms with Gasteiger partial charge in [0, 0.05) is 7.05 Å². The Morgan fingerprint density at radius 1 is 1.54 bits per heavy atom. The second-order valence-electron chi connectivity index (χ2n) is 4.48. The second kappa shape index (κ2) is 7.19. The third kappa shape index (κ3) is 4.33. The van der Waals surface area contributed by atoms with Crippen LogP contribution in [0.2, 0.25) is 4.34 Å². The molecule has 0 spiro atoms. The molecule has 0 N–H and O–H groups in total. The van der Waals surface area contributed by atoms with E-state index in [1.54, 1.807) is 0 Å². The van der Waals surface area contributed by atoms with Gasteiger partial charge in [0.25, 0.3) is 0 Å². The van der Waals surface area contributed by atoms with E-state index >= 15 is 0 Å². The molecule has 0 saturated carbocycles. The average Bonchev–Trinajstić information content (AvgIpc) is 3.01. The minimum Gasteiger partial charge on any atom is -0.470 e. The summed E-state index contributed by atoms with van der Waals surface area (Å²) in [6.07, 6.45) is -3.54. The number of halogens is 5. The molecule has 0 aliphatic carbocycles. The van der Waals surface area contributed by atoms with Crippen molar-refractivity contribution in [1.82, 2.24) is 14.8 Å². The van der Waals surface area contributed by atoms with E-state index < -0.39 is 46.4 Å². The third-order valence-electron chi connectivity index (χ3n) is 2.65. The largest absolute Gasteiger partial charge is 0.470 e. The summed E-state index contributed by atoms with van der Waals surface area (Å²) < 4.78 is 70.6. The van der Waals surface area contributed by atoms with Gasteiger partial charge >= 0.3 is 6.18 Å². The minimum atomic E-state index is -4.79. The average molecular weight is 404 g/mol. The van der Waals surface area contributed by atoms with Crippen LogP contribution in [0.5, 0.6) is 5.88 Å². The molecule has 2 aromatic rings. The highest BCUT2D eigenvalue weighted by Gasteiger charge is 2.40. The summed E-state index contributed by atoms with van der Waals surface area (Å²) >= 11 is 6.57. The number of hydrogen-bond acceptors (Lipinski definition) is 5. The number of thiazole rings is 1. The summed E-state index contributed by atoms with van der Waals surface area (Å²) in [5.74, 6) is -1.76. The highest BCUT2D eigenvalue weighted by molar-refractivity contribution is 7.86. The van der Waals surface area contributed by atoms with Gasteiger partial charge in [0.1, 0.15) is 16.8 Å². The summed E-state index contributed by atoms with van der Waals surface area (Å²) in [5, 5.41) is 3.35. The van der Waals surface area contributed by atoms with E-state index in [0.717, 1.165) is 16.0 Å². The Labute approximate surface area is 145 Å². The molecular weight excluding hydrogens is 394 g/mol. The van der Waals surface area contributed by atoms with Gasteiger partial charge in [-0.25, -0.2) is 14.1 Å². The fourth-order valence-electron chi connectivity index (χ4n) is 1.78. The van der Waals surface area contributed by atoms with E-state index in [1.165, 1.54) is 13.2 Å². The van der Waals surface area contributed by atoms with Crippen LogP contribution in [0.25, 0.3) is 0 Å². The van der Waals surface area contributed by atoms with Gasteiger partial charge < -0.3 is 4.74 Å². The molecule has 0 aromatic carbocycles. The molecule has 2 heterocycles. The predicted molar refractivity (Wildman–Crippen MR) is 81.2 cm³/mol. The molecular formula is C12H10ClF4N3O2S2. The molecule has 5 nitrogen and oxygen atoms in total. The van der Waals surface area contributed by atoms with Crippen molar-refractivity contribution in [3.63, 3.8) is 0 Å². The van der Waals surface area contributed by atoms with E-state index in [0.29, 0.717) is 0 Å². The maximum atomic E-state index is 13.1. The van der Waals surface area contributed by atoms with Crippen LogP contribution >= 0.6 is 22.9 Å². The van der Waals surface area contributed by atoms with Crippen LogP contribution in [-0.2, 0) is 29.8 Å². The quantitative estimate of drug-likeness (QED) is 0.690. The molecule has 2 rings (SSSR count). The van der Waals surface area contributed by atoms with E-state index in [9.17, 15) is 21.8 Å². The SMILES string of the molecule is C=C(F)COc1c(CS(=O)c2ncc(Cl)s2)c(C(F)(F)F)nn1C. The molecule has 1 atom stereocenters. The Hall–Kier alpha value is -1.46. The Morgan fingerprint density at radius 3 is 2.71 bits per heavy atom. The Kier molecular flexibility index (Phi) is 5.66. The van der Waals surface area contributed by atoms with Gasteiger partial charge in [0.15, 0.2) is 10.0 Å². The molecule has 0 fully saturated rings. The van der Waals surface area contributed by atoms with Gasteiger partial charge in [-0.2, -0.15) is 18.3 Å². The first-order valence-electron chi connectivity index (χ1n) is 6.18. The fraction of sp³-hybridized carbons (Fsp3) is 0.333. The molecule has 0 aliphatic rings. The van der Waals surface area contributed by atoms with E-state index in [4.69, 9.17) is 16.3 Å². The molecule has 0 radical (unpaired) electrons. The normalized spacial score (nSPS) is 13.1. The van der Waals surface area contributed by atoms with Gasteiger partial charge in [-0.15, -0.1) is 0 Å². The first kappa shape index (κ1) is 18.9. The van der Waals surface area contributed by atoms with Gasteiger partial charge in [-0.05, 0) is 0 Å². The predicted octanol–water partition coefficient (Wildman–Crippen LogP) is 3.72. The molecule has 0 amide bonds. The van der Waals surface area contributed by atoms with Gasteiger partial charge in [0.05, 0.1) is 28.3 Å². The van der Waals surface area contributed by atoms with Crippen molar-refractivity contribution in [1.29, 1.82) is 0 Å². The number of rotatable bonds is 6. The van der Waals surface area contributed by atoms with Crippen LogP contribution in [-0.4, -0.2) is 25.6 Å². The summed E-state index contributed by atoms with van der Waals surface area (Å²) in [4.78, 5) is 3.78. The molecule has 0 saturated heterocycles. The van der Waals surface area contributed by atoms with E-state index in [1.807, 2.05) is 0 Å². The zero-order valence-corrected chi connectivity index (χ0v) is 14.5. The molecule has 0 bridgehead atoms. The van der Waals surface area contributed by atoms with Crippen molar-refractivity contribution in [2.75, 3.05) is 6.61 Å². The van der Waals surface area contributed by atoms with Gasteiger partial charge in [-0.1, -0.05) is 29.5 Å². The maximum Gasteiger partial charge on any atom is 0.435 e. The van der Waals surface area contributed by atoms with Crippen molar-refractivity contribution < 1.29 is 26.5 Å². The Morgan fingerprint density at radius 2 is 2.21 bits per heavy atom. The van der Waals surface area contributed by atoms with Crippen LogP contribution in [0.3, 0.4) is 0 Å². The van der Waals surface area contributed by atoms with Crippen molar-refractivity contribution in [3.8, 4) is 5.88 Å².